The Balaban J connectivity index is 2.09. The fraction of sp³-hybridized carbons (Fsp3) is 0.647. The lowest BCUT2D eigenvalue weighted by Gasteiger charge is -2.27. The van der Waals surface area contributed by atoms with Crippen molar-refractivity contribution in [2.45, 2.75) is 51.8 Å². The number of hydrogen-bond acceptors (Lipinski definition) is 3. The first-order valence-corrected chi connectivity index (χ1v) is 8.09. The van der Waals surface area contributed by atoms with Gasteiger partial charge in [-0.2, -0.15) is 0 Å². The highest BCUT2D eigenvalue weighted by Gasteiger charge is 2.19. The van der Waals surface area contributed by atoms with Gasteiger partial charge in [0.05, 0.1) is 6.10 Å². The molecule has 1 heterocycles. The molecule has 3 nitrogen and oxygen atoms in total. The van der Waals surface area contributed by atoms with Gasteiger partial charge in [-0.05, 0) is 51.3 Å². The number of hydrogen-bond donors (Lipinski definition) is 1. The maximum atomic E-state index is 6.19. The number of likely N-dealkylation sites (N-methyl/N-ethyl adjacent to an activating group) is 1. The minimum atomic E-state index is 0.101. The minimum absolute atomic E-state index is 0.101. The smallest absolute Gasteiger partial charge is 0.0750 e. The number of halogens is 1. The van der Waals surface area contributed by atoms with E-state index in [2.05, 4.69) is 50.2 Å². The van der Waals surface area contributed by atoms with Gasteiger partial charge in [0.15, 0.2) is 0 Å². The Kier molecular flexibility index (Phi) is 5.53. The molecule has 1 atom stereocenters. The van der Waals surface area contributed by atoms with E-state index >= 15 is 0 Å². The van der Waals surface area contributed by atoms with E-state index < -0.39 is 0 Å². The maximum Gasteiger partial charge on any atom is 0.0750 e. The van der Waals surface area contributed by atoms with E-state index in [1.807, 2.05) is 6.07 Å². The molecule has 1 unspecified atom stereocenters. The summed E-state index contributed by atoms with van der Waals surface area (Å²) in [5.41, 5.74) is 2.56. The van der Waals surface area contributed by atoms with Crippen LogP contribution in [-0.4, -0.2) is 31.8 Å². The molecule has 21 heavy (non-hydrogen) atoms. The molecule has 1 N–H and O–H groups in total. The number of anilines is 1. The zero-order chi connectivity index (χ0) is 15.5. The summed E-state index contributed by atoms with van der Waals surface area (Å²) in [5, 5.41) is 4.33. The van der Waals surface area contributed by atoms with Crippen molar-refractivity contribution in [3.63, 3.8) is 0 Å². The Morgan fingerprint density at radius 1 is 1.38 bits per heavy atom. The predicted molar refractivity (Wildman–Crippen MR) is 90.3 cm³/mol. The van der Waals surface area contributed by atoms with E-state index in [9.17, 15) is 0 Å². The SMILES string of the molecule is CN(CC1CCCO1)c1cc(Cl)ccc1CNC(C)(C)C. The number of nitrogens with one attached hydrogen (secondary N) is 1. The van der Waals surface area contributed by atoms with Crippen molar-refractivity contribution in [2.75, 3.05) is 25.1 Å². The molecule has 0 aromatic heterocycles. The van der Waals surface area contributed by atoms with Gasteiger partial charge in [-0.1, -0.05) is 17.7 Å². The van der Waals surface area contributed by atoms with Crippen molar-refractivity contribution in [1.29, 1.82) is 0 Å². The first kappa shape index (κ1) is 16.6. The first-order valence-electron chi connectivity index (χ1n) is 7.71. The van der Waals surface area contributed by atoms with Gasteiger partial charge in [-0.15, -0.1) is 0 Å². The van der Waals surface area contributed by atoms with Gasteiger partial charge in [-0.3, -0.25) is 0 Å². The van der Waals surface area contributed by atoms with Crippen LogP contribution in [0.2, 0.25) is 5.02 Å². The van der Waals surface area contributed by atoms with E-state index in [-0.39, 0.29) is 5.54 Å². The van der Waals surface area contributed by atoms with E-state index in [1.165, 1.54) is 17.7 Å². The van der Waals surface area contributed by atoms with Crippen LogP contribution in [0.15, 0.2) is 18.2 Å². The average Bonchev–Trinajstić information content (AvgIpc) is 2.89. The highest BCUT2D eigenvalue weighted by molar-refractivity contribution is 6.30. The average molecular weight is 311 g/mol. The van der Waals surface area contributed by atoms with Crippen LogP contribution < -0.4 is 10.2 Å². The summed E-state index contributed by atoms with van der Waals surface area (Å²) in [6.07, 6.45) is 2.67. The van der Waals surface area contributed by atoms with Crippen LogP contribution in [0.3, 0.4) is 0 Å². The normalized spacial score (nSPS) is 19.0. The van der Waals surface area contributed by atoms with Crippen LogP contribution in [0.4, 0.5) is 5.69 Å². The molecule has 1 aliphatic rings. The van der Waals surface area contributed by atoms with Crippen molar-refractivity contribution in [2.24, 2.45) is 0 Å². The lowest BCUT2D eigenvalue weighted by Crippen LogP contribution is -2.36. The standard InChI is InChI=1S/C17H27ClN2O/c1-17(2,3)19-11-13-7-8-14(18)10-16(13)20(4)12-15-6-5-9-21-15/h7-8,10,15,19H,5-6,9,11-12H2,1-4H3. The third kappa shape index (κ3) is 5.17. The first-order chi connectivity index (χ1) is 9.85. The molecule has 0 bridgehead atoms. The van der Waals surface area contributed by atoms with Gasteiger partial charge < -0.3 is 15.0 Å². The Bertz CT molecular complexity index is 464. The quantitative estimate of drug-likeness (QED) is 0.894. The lowest BCUT2D eigenvalue weighted by atomic mass is 10.1. The third-order valence-corrected chi connectivity index (χ3v) is 4.00. The van der Waals surface area contributed by atoms with E-state index in [1.54, 1.807) is 0 Å². The third-order valence-electron chi connectivity index (χ3n) is 3.77. The fourth-order valence-electron chi connectivity index (χ4n) is 2.59. The number of nitrogens with zero attached hydrogens (tertiary/aromatic N) is 1. The molecule has 0 radical (unpaired) electrons. The molecule has 1 fully saturated rings. The molecule has 0 saturated carbocycles. The van der Waals surface area contributed by atoms with Crippen molar-refractivity contribution >= 4 is 17.3 Å². The summed E-state index contributed by atoms with van der Waals surface area (Å²) >= 11 is 6.19. The number of ether oxygens (including phenoxy) is 1. The molecule has 4 heteroatoms. The Morgan fingerprint density at radius 2 is 2.14 bits per heavy atom. The highest BCUT2D eigenvalue weighted by Crippen LogP contribution is 2.26. The van der Waals surface area contributed by atoms with Gasteiger partial charge in [0.1, 0.15) is 0 Å². The van der Waals surface area contributed by atoms with Crippen LogP contribution in [0, 0.1) is 0 Å². The van der Waals surface area contributed by atoms with Gasteiger partial charge in [0.2, 0.25) is 0 Å². The molecule has 1 aromatic rings. The van der Waals surface area contributed by atoms with Crippen molar-refractivity contribution < 1.29 is 4.74 Å². The van der Waals surface area contributed by atoms with Gasteiger partial charge in [0.25, 0.3) is 0 Å². The maximum absolute atomic E-state index is 6.19. The molecular formula is C17H27ClN2O. The molecule has 2 rings (SSSR count). The largest absolute Gasteiger partial charge is 0.376 e. The van der Waals surface area contributed by atoms with Crippen LogP contribution in [0.1, 0.15) is 39.2 Å². The van der Waals surface area contributed by atoms with E-state index in [0.29, 0.717) is 6.10 Å². The Hall–Kier alpha value is -0.770. The molecule has 0 amide bonds. The molecule has 0 aliphatic carbocycles. The second-order valence-corrected chi connectivity index (χ2v) is 7.33. The van der Waals surface area contributed by atoms with E-state index in [4.69, 9.17) is 16.3 Å². The van der Waals surface area contributed by atoms with Crippen LogP contribution in [0.5, 0.6) is 0 Å². The molecule has 1 saturated heterocycles. The van der Waals surface area contributed by atoms with E-state index in [0.717, 1.165) is 31.1 Å². The summed E-state index contributed by atoms with van der Waals surface area (Å²) in [6, 6.07) is 6.13. The molecule has 0 spiro atoms. The zero-order valence-electron chi connectivity index (χ0n) is 13.6. The Morgan fingerprint density at radius 3 is 2.76 bits per heavy atom. The zero-order valence-corrected chi connectivity index (χ0v) is 14.3. The summed E-state index contributed by atoms with van der Waals surface area (Å²) in [5.74, 6) is 0. The second kappa shape index (κ2) is 6.99. The Labute approximate surface area is 133 Å². The monoisotopic (exact) mass is 310 g/mol. The van der Waals surface area contributed by atoms with Crippen molar-refractivity contribution in [3.8, 4) is 0 Å². The lowest BCUT2D eigenvalue weighted by molar-refractivity contribution is 0.116. The topological polar surface area (TPSA) is 24.5 Å². The molecular weight excluding hydrogens is 284 g/mol. The van der Waals surface area contributed by atoms with Crippen LogP contribution in [-0.2, 0) is 11.3 Å². The summed E-state index contributed by atoms with van der Waals surface area (Å²) < 4.78 is 5.74. The van der Waals surface area contributed by atoms with Crippen molar-refractivity contribution in [3.05, 3.63) is 28.8 Å². The molecule has 118 valence electrons. The highest BCUT2D eigenvalue weighted by atomic mass is 35.5. The van der Waals surface area contributed by atoms with Gasteiger partial charge in [0, 0.05) is 43.0 Å². The molecule has 1 aromatic carbocycles. The van der Waals surface area contributed by atoms with Crippen LogP contribution in [0.25, 0.3) is 0 Å². The number of rotatable bonds is 5. The molecule has 1 aliphatic heterocycles. The summed E-state index contributed by atoms with van der Waals surface area (Å²) in [6.45, 7) is 9.19. The summed E-state index contributed by atoms with van der Waals surface area (Å²) in [7, 11) is 2.12. The van der Waals surface area contributed by atoms with Crippen LogP contribution >= 0.6 is 11.6 Å². The number of benzene rings is 1. The van der Waals surface area contributed by atoms with Gasteiger partial charge >= 0.3 is 0 Å². The fourth-order valence-corrected chi connectivity index (χ4v) is 2.76. The summed E-state index contributed by atoms with van der Waals surface area (Å²) in [4.78, 5) is 2.27. The minimum Gasteiger partial charge on any atom is -0.376 e. The second-order valence-electron chi connectivity index (χ2n) is 6.89. The van der Waals surface area contributed by atoms with Gasteiger partial charge in [-0.25, -0.2) is 0 Å². The van der Waals surface area contributed by atoms with Crippen molar-refractivity contribution in [1.82, 2.24) is 5.32 Å². The predicted octanol–water partition coefficient (Wildman–Crippen LogP) is 3.84.